The third-order valence-corrected chi connectivity index (χ3v) is 21.3. The number of carbonyl (C=O) groups excluding carboxylic acids is 4. The van der Waals surface area contributed by atoms with Gasteiger partial charge in [-0.1, -0.05) is 381 Å². The lowest BCUT2D eigenvalue weighted by Crippen LogP contribution is -2.30. The lowest BCUT2D eigenvalue weighted by atomic mass is 9.99. The first kappa shape index (κ1) is 98.1. The Labute approximate surface area is 613 Å². The molecule has 0 amide bonds. The molecule has 17 nitrogen and oxygen atoms in total. The SMILES string of the molecule is CCCCCCCCCCCCCCCCCCCC(=O)OC[C@H](COP(=O)(O)OC[C@@H](O)COP(=O)(O)OC[C@@H](COC(=O)CCCCCCC)OC(=O)CCCCCCCCCCCCCCCCCC)OC(=O)CCCCCCCCCCCCCCCCCCCCC(C)CC. The molecule has 0 aromatic heterocycles. The van der Waals surface area contributed by atoms with Gasteiger partial charge in [0.15, 0.2) is 12.2 Å². The first-order valence-electron chi connectivity index (χ1n) is 42.2. The van der Waals surface area contributed by atoms with Crippen LogP contribution in [0.3, 0.4) is 0 Å². The van der Waals surface area contributed by atoms with Gasteiger partial charge in [-0.25, -0.2) is 9.13 Å². The summed E-state index contributed by atoms with van der Waals surface area (Å²) in [5.74, 6) is -1.25. The fourth-order valence-corrected chi connectivity index (χ4v) is 14.1. The van der Waals surface area contributed by atoms with E-state index in [0.717, 1.165) is 102 Å². The van der Waals surface area contributed by atoms with E-state index in [1.54, 1.807) is 0 Å². The van der Waals surface area contributed by atoms with Gasteiger partial charge in [0.2, 0.25) is 0 Å². The fraction of sp³-hybridized carbons (Fsp3) is 0.951. The van der Waals surface area contributed by atoms with Crippen LogP contribution in [0.15, 0.2) is 0 Å². The number of rotatable bonds is 81. The van der Waals surface area contributed by atoms with Gasteiger partial charge in [0, 0.05) is 25.7 Å². The number of phosphoric ester groups is 2. The molecule has 0 saturated carbocycles. The Kier molecular flexibility index (Phi) is 72.5. The number of esters is 4. The summed E-state index contributed by atoms with van der Waals surface area (Å²) in [5, 5.41) is 10.6. The van der Waals surface area contributed by atoms with Crippen molar-refractivity contribution < 1.29 is 80.2 Å². The van der Waals surface area contributed by atoms with Gasteiger partial charge in [-0.3, -0.25) is 37.3 Å². The molecule has 0 fully saturated rings. The van der Waals surface area contributed by atoms with E-state index in [-0.39, 0.29) is 25.7 Å². The predicted octanol–water partition coefficient (Wildman–Crippen LogP) is 24.4. The molecule has 0 aliphatic rings. The van der Waals surface area contributed by atoms with Gasteiger partial charge in [-0.05, 0) is 31.6 Å². The molecule has 0 bridgehead atoms. The van der Waals surface area contributed by atoms with Gasteiger partial charge in [-0.2, -0.15) is 0 Å². The first-order valence-corrected chi connectivity index (χ1v) is 45.2. The highest BCUT2D eigenvalue weighted by Gasteiger charge is 2.30. The van der Waals surface area contributed by atoms with Crippen LogP contribution < -0.4 is 0 Å². The van der Waals surface area contributed by atoms with E-state index in [0.29, 0.717) is 25.7 Å². The van der Waals surface area contributed by atoms with Crippen molar-refractivity contribution in [2.24, 2.45) is 5.92 Å². The van der Waals surface area contributed by atoms with E-state index < -0.39 is 97.5 Å². The molecular weight excluding hydrogens is 1310 g/mol. The number of hydrogen-bond acceptors (Lipinski definition) is 15. The van der Waals surface area contributed by atoms with Crippen LogP contribution in [0.25, 0.3) is 0 Å². The number of unbranched alkanes of at least 4 members (excludes halogenated alkanes) is 52. The Hall–Kier alpha value is -1.94. The van der Waals surface area contributed by atoms with E-state index in [2.05, 4.69) is 34.6 Å². The molecule has 0 saturated heterocycles. The van der Waals surface area contributed by atoms with Crippen LogP contribution >= 0.6 is 15.6 Å². The van der Waals surface area contributed by atoms with Gasteiger partial charge in [0.05, 0.1) is 26.4 Å². The van der Waals surface area contributed by atoms with Crippen molar-refractivity contribution in [2.45, 2.75) is 451 Å². The Morgan fingerprint density at radius 3 is 0.710 bits per heavy atom. The van der Waals surface area contributed by atoms with Crippen LogP contribution in [-0.4, -0.2) is 96.7 Å². The minimum absolute atomic E-state index is 0.108. The highest BCUT2D eigenvalue weighted by molar-refractivity contribution is 7.47. The summed E-state index contributed by atoms with van der Waals surface area (Å²) < 4.78 is 68.5. The maximum atomic E-state index is 13.1. The van der Waals surface area contributed by atoms with Crippen molar-refractivity contribution in [3.63, 3.8) is 0 Å². The van der Waals surface area contributed by atoms with Gasteiger partial charge in [0.1, 0.15) is 19.3 Å². The number of phosphoric acid groups is 2. The van der Waals surface area contributed by atoms with Gasteiger partial charge >= 0.3 is 39.5 Å². The second-order valence-corrected chi connectivity index (χ2v) is 32.3. The van der Waals surface area contributed by atoms with Crippen LogP contribution in [0.2, 0.25) is 0 Å². The van der Waals surface area contributed by atoms with E-state index in [4.69, 9.17) is 37.0 Å². The van der Waals surface area contributed by atoms with Gasteiger partial charge < -0.3 is 33.8 Å². The number of hydrogen-bond donors (Lipinski definition) is 3. The summed E-state index contributed by atoms with van der Waals surface area (Å²) in [7, 11) is -9.91. The quantitative estimate of drug-likeness (QED) is 0.0222. The highest BCUT2D eigenvalue weighted by Crippen LogP contribution is 2.45. The van der Waals surface area contributed by atoms with Crippen LogP contribution in [0.1, 0.15) is 433 Å². The highest BCUT2D eigenvalue weighted by atomic mass is 31.2. The Balaban J connectivity index is 5.11. The van der Waals surface area contributed by atoms with E-state index in [9.17, 15) is 43.2 Å². The van der Waals surface area contributed by atoms with E-state index in [1.807, 2.05) is 0 Å². The average Bonchev–Trinajstić information content (AvgIpc) is 0.925. The number of aliphatic hydroxyl groups excluding tert-OH is 1. The molecule has 0 spiro atoms. The van der Waals surface area contributed by atoms with Gasteiger partial charge in [-0.15, -0.1) is 0 Å². The molecule has 594 valence electrons. The maximum Gasteiger partial charge on any atom is 0.472 e. The summed E-state index contributed by atoms with van der Waals surface area (Å²) in [5.41, 5.74) is 0. The molecule has 0 rings (SSSR count). The monoisotopic (exact) mass is 1470 g/mol. The number of ether oxygens (including phenoxy) is 4. The zero-order valence-electron chi connectivity index (χ0n) is 65.3. The van der Waals surface area contributed by atoms with Crippen molar-refractivity contribution in [1.82, 2.24) is 0 Å². The fourth-order valence-electron chi connectivity index (χ4n) is 12.6. The minimum Gasteiger partial charge on any atom is -0.462 e. The van der Waals surface area contributed by atoms with Crippen LogP contribution in [-0.2, 0) is 65.4 Å². The maximum absolute atomic E-state index is 13.1. The van der Waals surface area contributed by atoms with Crippen molar-refractivity contribution in [2.75, 3.05) is 39.6 Å². The topological polar surface area (TPSA) is 237 Å². The zero-order valence-corrected chi connectivity index (χ0v) is 67.1. The summed E-state index contributed by atoms with van der Waals surface area (Å²) >= 11 is 0. The average molecular weight is 1470 g/mol. The van der Waals surface area contributed by atoms with Crippen molar-refractivity contribution in [1.29, 1.82) is 0 Å². The Bertz CT molecular complexity index is 1910. The molecular formula is C81H158O17P2. The number of carbonyl (C=O) groups is 4. The smallest absolute Gasteiger partial charge is 0.462 e. The Morgan fingerprint density at radius 1 is 0.280 bits per heavy atom. The summed E-state index contributed by atoms with van der Waals surface area (Å²) in [6, 6.07) is 0. The van der Waals surface area contributed by atoms with Crippen LogP contribution in [0.4, 0.5) is 0 Å². The third kappa shape index (κ3) is 73.0. The molecule has 3 unspecified atom stereocenters. The zero-order chi connectivity index (χ0) is 73.4. The first-order chi connectivity index (χ1) is 48.6. The predicted molar refractivity (Wildman–Crippen MR) is 409 cm³/mol. The lowest BCUT2D eigenvalue weighted by Gasteiger charge is -2.21. The van der Waals surface area contributed by atoms with Crippen LogP contribution in [0.5, 0.6) is 0 Å². The largest absolute Gasteiger partial charge is 0.472 e. The van der Waals surface area contributed by atoms with E-state index in [1.165, 1.54) is 250 Å². The molecule has 3 N–H and O–H groups in total. The molecule has 0 aliphatic heterocycles. The van der Waals surface area contributed by atoms with Crippen molar-refractivity contribution in [3.8, 4) is 0 Å². The molecule has 6 atom stereocenters. The molecule has 19 heteroatoms. The second kappa shape index (κ2) is 73.9. The molecule has 0 radical (unpaired) electrons. The summed E-state index contributed by atoms with van der Waals surface area (Å²) in [4.78, 5) is 72.7. The molecule has 0 aliphatic carbocycles. The molecule has 0 aromatic carbocycles. The number of aliphatic hydroxyl groups is 1. The lowest BCUT2D eigenvalue weighted by molar-refractivity contribution is -0.161. The molecule has 0 aromatic rings. The molecule has 0 heterocycles. The third-order valence-electron chi connectivity index (χ3n) is 19.4. The normalized spacial score (nSPS) is 14.1. The minimum atomic E-state index is -4.96. The van der Waals surface area contributed by atoms with Gasteiger partial charge in [0.25, 0.3) is 0 Å². The second-order valence-electron chi connectivity index (χ2n) is 29.4. The van der Waals surface area contributed by atoms with Crippen molar-refractivity contribution in [3.05, 3.63) is 0 Å². The summed E-state index contributed by atoms with van der Waals surface area (Å²) in [6.07, 6.45) is 65.6. The van der Waals surface area contributed by atoms with Crippen LogP contribution in [0, 0.1) is 5.92 Å². The molecule has 100 heavy (non-hydrogen) atoms. The van der Waals surface area contributed by atoms with E-state index >= 15 is 0 Å². The standard InChI is InChI=1S/C81H158O17P2/c1-6-10-13-16-18-20-22-24-26-30-35-38-42-46-50-55-60-65-79(84)92-71-77(98-81(86)67-62-57-52-48-44-40-36-32-29-28-31-33-37-41-45-49-54-58-63-74(5)9-4)73-96-100(89,90)94-69-75(82)68-93-99(87,88)95-72-76(70-91-78(83)64-59-53-15-12-8-3)97-80(85)66-61-56-51-47-43-39-34-27-25-23-21-19-17-14-11-7-2/h74-77,82H,6-73H2,1-5H3,(H,87,88)(H,89,90)/t74?,75-,76+,77+/m0/s1. The summed E-state index contributed by atoms with van der Waals surface area (Å²) in [6.45, 7) is 7.31. The Morgan fingerprint density at radius 2 is 0.480 bits per heavy atom. The van der Waals surface area contributed by atoms with Crippen molar-refractivity contribution >= 4 is 39.5 Å².